The highest BCUT2D eigenvalue weighted by Crippen LogP contribution is 1.92. The third-order valence-corrected chi connectivity index (χ3v) is 1.27. The van der Waals surface area contributed by atoms with Crippen LogP contribution in [0.15, 0.2) is 0 Å². The summed E-state index contributed by atoms with van der Waals surface area (Å²) in [6, 6.07) is -0.903. The largest absolute Gasteiger partial charge is 0.475 e. The average molecular weight is 173 g/mol. The molecule has 1 atom stereocenters. The fraction of sp³-hybridized carbons (Fsp3) is 0.500. The van der Waals surface area contributed by atoms with Crippen LogP contribution in [0.3, 0.4) is 0 Å². The number of carboxylic acids is 1. The molecule has 5 N–H and O–H groups in total. The molecular formula is C6H11N3O3. The van der Waals surface area contributed by atoms with Gasteiger partial charge in [0, 0.05) is 0 Å². The Morgan fingerprint density at radius 2 is 2.17 bits per heavy atom. The molecule has 6 heteroatoms. The molecule has 0 radical (unpaired) electrons. The fourth-order valence-corrected chi connectivity index (χ4v) is 0.690. The summed E-state index contributed by atoms with van der Waals surface area (Å²) in [4.78, 5) is 21.0. The molecule has 12 heavy (non-hydrogen) atoms. The number of aliphatic carboxylic acids is 1. The quantitative estimate of drug-likeness (QED) is 0.244. The molecule has 0 aliphatic heterocycles. The lowest BCUT2D eigenvalue weighted by molar-refractivity contribution is -0.149. The van der Waals surface area contributed by atoms with Gasteiger partial charge in [-0.05, 0) is 6.42 Å². The first kappa shape index (κ1) is 10.4. The highest BCUT2D eigenvalue weighted by Gasteiger charge is 2.22. The molecule has 0 bridgehead atoms. The number of ketones is 1. The number of guanidine groups is 1. The molecular weight excluding hydrogens is 162 g/mol. The Hall–Kier alpha value is -1.59. The number of carboxylic acid groups (broad SMARTS) is 1. The summed E-state index contributed by atoms with van der Waals surface area (Å²) in [7, 11) is 0. The van der Waals surface area contributed by atoms with E-state index >= 15 is 0 Å². The minimum atomic E-state index is -1.52. The van der Waals surface area contributed by atoms with Gasteiger partial charge in [-0.3, -0.25) is 10.2 Å². The van der Waals surface area contributed by atoms with E-state index in [1.54, 1.807) is 6.92 Å². The summed E-state index contributed by atoms with van der Waals surface area (Å²) in [6.45, 7) is 1.63. The smallest absolute Gasteiger partial charge is 0.374 e. The first-order valence-electron chi connectivity index (χ1n) is 3.36. The summed E-state index contributed by atoms with van der Waals surface area (Å²) in [5.41, 5.74) is 4.93. The number of rotatable bonds is 4. The number of Topliss-reactive ketones (excluding diaryl/α,β-unsaturated/α-hetero) is 1. The van der Waals surface area contributed by atoms with Gasteiger partial charge in [0.15, 0.2) is 5.96 Å². The van der Waals surface area contributed by atoms with Crippen LogP contribution in [0.2, 0.25) is 0 Å². The zero-order valence-corrected chi connectivity index (χ0v) is 6.63. The van der Waals surface area contributed by atoms with E-state index in [-0.39, 0.29) is 6.42 Å². The second-order valence-corrected chi connectivity index (χ2v) is 2.19. The second-order valence-electron chi connectivity index (χ2n) is 2.19. The number of nitrogens with one attached hydrogen (secondary N) is 2. The summed E-state index contributed by atoms with van der Waals surface area (Å²) < 4.78 is 0. The molecule has 0 rings (SSSR count). The molecule has 0 aromatic rings. The Bertz CT molecular complexity index is 214. The summed E-state index contributed by atoms with van der Waals surface area (Å²) >= 11 is 0. The van der Waals surface area contributed by atoms with E-state index in [1.165, 1.54) is 0 Å². The van der Waals surface area contributed by atoms with Crippen LogP contribution in [0.25, 0.3) is 0 Å². The van der Waals surface area contributed by atoms with Crippen LogP contribution in [0, 0.1) is 5.41 Å². The Labute approximate surface area is 69.3 Å². The maximum absolute atomic E-state index is 10.8. The van der Waals surface area contributed by atoms with Crippen LogP contribution >= 0.6 is 0 Å². The Kier molecular flexibility index (Phi) is 3.75. The van der Waals surface area contributed by atoms with Gasteiger partial charge in [-0.15, -0.1) is 0 Å². The van der Waals surface area contributed by atoms with Crippen molar-refractivity contribution in [3.8, 4) is 0 Å². The molecule has 0 saturated carbocycles. The van der Waals surface area contributed by atoms with Crippen molar-refractivity contribution in [1.29, 1.82) is 5.41 Å². The zero-order valence-electron chi connectivity index (χ0n) is 6.63. The van der Waals surface area contributed by atoms with E-state index in [1.807, 2.05) is 0 Å². The van der Waals surface area contributed by atoms with E-state index in [4.69, 9.17) is 16.2 Å². The standard InChI is InChI=1S/C6H11N3O3/c1-2-3(9-6(7)8)4(10)5(11)12/h3H,2H2,1H3,(H,11,12)(H4,7,8,9). The summed E-state index contributed by atoms with van der Waals surface area (Å²) in [5.74, 6) is -2.90. The molecule has 0 aliphatic carbocycles. The molecule has 68 valence electrons. The number of hydrogen-bond donors (Lipinski definition) is 4. The highest BCUT2D eigenvalue weighted by atomic mass is 16.4. The van der Waals surface area contributed by atoms with Crippen LogP contribution in [-0.2, 0) is 9.59 Å². The van der Waals surface area contributed by atoms with Gasteiger partial charge in [0.1, 0.15) is 0 Å². The van der Waals surface area contributed by atoms with Crippen molar-refractivity contribution in [2.75, 3.05) is 0 Å². The van der Waals surface area contributed by atoms with Crippen molar-refractivity contribution >= 4 is 17.7 Å². The van der Waals surface area contributed by atoms with Gasteiger partial charge < -0.3 is 16.2 Å². The van der Waals surface area contributed by atoms with Gasteiger partial charge in [0.05, 0.1) is 6.04 Å². The third kappa shape index (κ3) is 3.00. The zero-order chi connectivity index (χ0) is 9.72. The van der Waals surface area contributed by atoms with Gasteiger partial charge >= 0.3 is 5.97 Å². The number of carbonyl (C=O) groups is 2. The first-order valence-corrected chi connectivity index (χ1v) is 3.36. The third-order valence-electron chi connectivity index (χ3n) is 1.27. The van der Waals surface area contributed by atoms with Gasteiger partial charge in [0.2, 0.25) is 0 Å². The Morgan fingerprint density at radius 3 is 2.42 bits per heavy atom. The number of carbonyl (C=O) groups excluding carboxylic acids is 1. The molecule has 0 spiro atoms. The molecule has 0 saturated heterocycles. The van der Waals surface area contributed by atoms with E-state index < -0.39 is 23.8 Å². The second kappa shape index (κ2) is 4.32. The van der Waals surface area contributed by atoms with E-state index in [0.29, 0.717) is 0 Å². The van der Waals surface area contributed by atoms with E-state index in [2.05, 4.69) is 5.32 Å². The lowest BCUT2D eigenvalue weighted by Gasteiger charge is -2.12. The van der Waals surface area contributed by atoms with Gasteiger partial charge in [-0.2, -0.15) is 0 Å². The summed E-state index contributed by atoms with van der Waals surface area (Å²) in [6.07, 6.45) is 0.282. The van der Waals surface area contributed by atoms with Crippen LogP contribution in [0.1, 0.15) is 13.3 Å². The Morgan fingerprint density at radius 1 is 1.67 bits per heavy atom. The predicted molar refractivity (Wildman–Crippen MR) is 41.8 cm³/mol. The van der Waals surface area contributed by atoms with Gasteiger partial charge in [0.25, 0.3) is 5.78 Å². The lowest BCUT2D eigenvalue weighted by Crippen LogP contribution is -2.46. The van der Waals surface area contributed by atoms with E-state index in [0.717, 1.165) is 0 Å². The minimum Gasteiger partial charge on any atom is -0.475 e. The van der Waals surface area contributed by atoms with Crippen molar-refractivity contribution < 1.29 is 14.7 Å². The van der Waals surface area contributed by atoms with Crippen molar-refractivity contribution in [2.45, 2.75) is 19.4 Å². The average Bonchev–Trinajstić information content (AvgIpc) is 1.98. The highest BCUT2D eigenvalue weighted by molar-refractivity contribution is 6.35. The van der Waals surface area contributed by atoms with Gasteiger partial charge in [-0.1, -0.05) is 6.92 Å². The molecule has 0 fully saturated rings. The molecule has 0 aromatic heterocycles. The predicted octanol–water partition coefficient (Wildman–Crippen LogP) is -1.10. The molecule has 0 aromatic carbocycles. The normalized spacial score (nSPS) is 11.8. The monoisotopic (exact) mass is 173 g/mol. The maximum atomic E-state index is 10.8. The van der Waals surface area contributed by atoms with Crippen LogP contribution < -0.4 is 11.1 Å². The molecule has 0 aliphatic rings. The number of nitrogens with two attached hydrogens (primary N) is 1. The van der Waals surface area contributed by atoms with Crippen LogP contribution in [0.4, 0.5) is 0 Å². The maximum Gasteiger partial charge on any atom is 0.374 e. The van der Waals surface area contributed by atoms with Crippen LogP contribution in [0.5, 0.6) is 0 Å². The van der Waals surface area contributed by atoms with Gasteiger partial charge in [-0.25, -0.2) is 4.79 Å². The van der Waals surface area contributed by atoms with Crippen molar-refractivity contribution in [3.05, 3.63) is 0 Å². The lowest BCUT2D eigenvalue weighted by atomic mass is 10.1. The summed E-state index contributed by atoms with van der Waals surface area (Å²) in [5, 5.41) is 17.3. The van der Waals surface area contributed by atoms with E-state index in [9.17, 15) is 9.59 Å². The molecule has 0 amide bonds. The topological polar surface area (TPSA) is 116 Å². The number of hydrogen-bond acceptors (Lipinski definition) is 3. The van der Waals surface area contributed by atoms with Crippen LogP contribution in [-0.4, -0.2) is 28.9 Å². The molecule has 0 heterocycles. The Balaban J connectivity index is 4.24. The molecule has 6 nitrogen and oxygen atoms in total. The fourth-order valence-electron chi connectivity index (χ4n) is 0.690. The van der Waals surface area contributed by atoms with Crippen molar-refractivity contribution in [3.63, 3.8) is 0 Å². The minimum absolute atomic E-state index is 0.282. The first-order chi connectivity index (χ1) is 5.49. The van der Waals surface area contributed by atoms with Crippen molar-refractivity contribution in [1.82, 2.24) is 5.32 Å². The SMILES string of the molecule is CCC(NC(=N)N)C(=O)C(=O)O. The molecule has 1 unspecified atom stereocenters. The van der Waals surface area contributed by atoms with Crippen molar-refractivity contribution in [2.24, 2.45) is 5.73 Å².